The predicted molar refractivity (Wildman–Crippen MR) is 63.6 cm³/mol. The summed E-state index contributed by atoms with van der Waals surface area (Å²) in [6.45, 7) is 4.48. The summed E-state index contributed by atoms with van der Waals surface area (Å²) >= 11 is 0. The minimum Gasteiger partial charge on any atom is -0.481 e. The summed E-state index contributed by atoms with van der Waals surface area (Å²) in [5.41, 5.74) is -0.215. The van der Waals surface area contributed by atoms with E-state index in [0.29, 0.717) is 19.4 Å². The Morgan fingerprint density at radius 2 is 2.06 bits per heavy atom. The van der Waals surface area contributed by atoms with Crippen LogP contribution in [-0.4, -0.2) is 54.0 Å². The van der Waals surface area contributed by atoms with E-state index in [1.165, 1.54) is 0 Å². The van der Waals surface area contributed by atoms with Crippen molar-refractivity contribution in [1.29, 1.82) is 0 Å². The quantitative estimate of drug-likeness (QED) is 0.777. The SMILES string of the molecule is CC1(C)CC(C(=O)O)CN1C1CCS(=O)(=O)C1. The third-order valence-corrected chi connectivity index (χ3v) is 5.69. The maximum absolute atomic E-state index is 11.5. The standard InChI is InChI=1S/C11H19NO4S/c1-11(2)5-8(10(13)14)6-12(11)9-3-4-17(15,16)7-9/h8-9H,3-7H2,1-2H3,(H,13,14). The molecule has 0 amide bonds. The molecule has 0 spiro atoms. The number of carboxylic acids is 1. The largest absolute Gasteiger partial charge is 0.481 e. The van der Waals surface area contributed by atoms with Gasteiger partial charge in [-0.2, -0.15) is 0 Å². The molecule has 17 heavy (non-hydrogen) atoms. The van der Waals surface area contributed by atoms with Crippen molar-refractivity contribution in [3.63, 3.8) is 0 Å². The van der Waals surface area contributed by atoms with Crippen LogP contribution in [0.25, 0.3) is 0 Å². The first-order valence-electron chi connectivity index (χ1n) is 5.91. The van der Waals surface area contributed by atoms with Crippen LogP contribution in [0.2, 0.25) is 0 Å². The van der Waals surface area contributed by atoms with Crippen LogP contribution in [0.1, 0.15) is 26.7 Å². The predicted octanol–water partition coefficient (Wildman–Crippen LogP) is 0.359. The van der Waals surface area contributed by atoms with Crippen LogP contribution in [0.15, 0.2) is 0 Å². The molecule has 98 valence electrons. The summed E-state index contributed by atoms with van der Waals surface area (Å²) in [7, 11) is -2.91. The first-order valence-corrected chi connectivity index (χ1v) is 7.73. The van der Waals surface area contributed by atoms with Crippen LogP contribution >= 0.6 is 0 Å². The van der Waals surface area contributed by atoms with Gasteiger partial charge in [0.15, 0.2) is 9.84 Å². The molecule has 2 aliphatic rings. The van der Waals surface area contributed by atoms with Crippen LogP contribution in [-0.2, 0) is 14.6 Å². The number of likely N-dealkylation sites (tertiary alicyclic amines) is 1. The number of rotatable bonds is 2. The van der Waals surface area contributed by atoms with E-state index in [0.717, 1.165) is 0 Å². The molecule has 2 heterocycles. The Morgan fingerprint density at radius 3 is 2.47 bits per heavy atom. The third kappa shape index (κ3) is 2.47. The fourth-order valence-electron chi connectivity index (χ4n) is 3.10. The van der Waals surface area contributed by atoms with Crippen LogP contribution in [0.3, 0.4) is 0 Å². The van der Waals surface area contributed by atoms with Crippen LogP contribution in [0.4, 0.5) is 0 Å². The lowest BCUT2D eigenvalue weighted by Gasteiger charge is -2.35. The maximum Gasteiger partial charge on any atom is 0.307 e. The summed E-state index contributed by atoms with van der Waals surface area (Å²) in [4.78, 5) is 13.1. The fraction of sp³-hybridized carbons (Fsp3) is 0.909. The minimum absolute atomic E-state index is 0.000602. The van der Waals surface area contributed by atoms with Crippen LogP contribution in [0.5, 0.6) is 0 Å². The lowest BCUT2D eigenvalue weighted by molar-refractivity contribution is -0.141. The first kappa shape index (κ1) is 12.8. The van der Waals surface area contributed by atoms with Gasteiger partial charge in [0.1, 0.15) is 0 Å². The summed E-state index contributed by atoms with van der Waals surface area (Å²) in [6.07, 6.45) is 1.23. The number of hydrogen-bond acceptors (Lipinski definition) is 4. The van der Waals surface area contributed by atoms with Gasteiger partial charge in [0.05, 0.1) is 17.4 Å². The van der Waals surface area contributed by atoms with Crippen LogP contribution < -0.4 is 0 Å². The molecule has 1 N–H and O–H groups in total. The molecule has 2 aliphatic heterocycles. The third-order valence-electron chi connectivity index (χ3n) is 3.94. The molecule has 0 aliphatic carbocycles. The molecule has 5 nitrogen and oxygen atoms in total. The summed E-state index contributed by atoms with van der Waals surface area (Å²) in [5.74, 6) is -0.722. The van der Waals surface area contributed by atoms with Crippen LogP contribution in [0, 0.1) is 5.92 Å². The molecule has 2 rings (SSSR count). The molecule has 0 aromatic carbocycles. The Morgan fingerprint density at radius 1 is 1.41 bits per heavy atom. The zero-order valence-electron chi connectivity index (χ0n) is 10.2. The molecule has 2 unspecified atom stereocenters. The van der Waals surface area contributed by atoms with Crippen molar-refractivity contribution >= 4 is 15.8 Å². The molecule has 0 radical (unpaired) electrons. The lowest BCUT2D eigenvalue weighted by Crippen LogP contribution is -2.46. The van der Waals surface area contributed by atoms with Crippen molar-refractivity contribution in [3.8, 4) is 0 Å². The molecule has 2 fully saturated rings. The second kappa shape index (κ2) is 3.95. The molecule has 0 aromatic heterocycles. The van der Waals surface area contributed by atoms with E-state index < -0.39 is 15.8 Å². The molecule has 2 saturated heterocycles. The van der Waals surface area contributed by atoms with E-state index in [-0.39, 0.29) is 29.0 Å². The zero-order chi connectivity index (χ0) is 12.8. The Kier molecular flexibility index (Phi) is 2.98. The molecule has 0 bridgehead atoms. The average Bonchev–Trinajstić information content (AvgIpc) is 2.65. The number of carboxylic acid groups (broad SMARTS) is 1. The van der Waals surface area contributed by atoms with Gasteiger partial charge in [-0.25, -0.2) is 8.42 Å². The molecular weight excluding hydrogens is 242 g/mol. The highest BCUT2D eigenvalue weighted by Gasteiger charge is 2.47. The topological polar surface area (TPSA) is 74.7 Å². The van der Waals surface area contributed by atoms with E-state index in [4.69, 9.17) is 5.11 Å². The van der Waals surface area contributed by atoms with Gasteiger partial charge in [0.25, 0.3) is 0 Å². The van der Waals surface area contributed by atoms with E-state index in [2.05, 4.69) is 4.90 Å². The normalized spacial score (nSPS) is 36.1. The van der Waals surface area contributed by atoms with Crippen molar-refractivity contribution in [2.24, 2.45) is 5.92 Å². The van der Waals surface area contributed by atoms with Crippen molar-refractivity contribution in [1.82, 2.24) is 4.90 Å². The lowest BCUT2D eigenvalue weighted by atomic mass is 9.96. The van der Waals surface area contributed by atoms with Gasteiger partial charge in [0.2, 0.25) is 0 Å². The van der Waals surface area contributed by atoms with Gasteiger partial charge in [-0.1, -0.05) is 0 Å². The van der Waals surface area contributed by atoms with Gasteiger partial charge < -0.3 is 5.11 Å². The van der Waals surface area contributed by atoms with E-state index in [1.807, 2.05) is 13.8 Å². The van der Waals surface area contributed by atoms with Gasteiger partial charge in [-0.3, -0.25) is 9.69 Å². The van der Waals surface area contributed by atoms with Gasteiger partial charge >= 0.3 is 5.97 Å². The average molecular weight is 261 g/mol. The molecule has 2 atom stereocenters. The molecule has 0 saturated carbocycles. The highest BCUT2D eigenvalue weighted by Crippen LogP contribution is 2.37. The first-order chi connectivity index (χ1) is 7.71. The fourth-order valence-corrected chi connectivity index (χ4v) is 4.83. The minimum atomic E-state index is -2.91. The number of sulfone groups is 1. The molecule has 0 aromatic rings. The summed E-state index contributed by atoms with van der Waals surface area (Å²) < 4.78 is 23.0. The number of nitrogens with zero attached hydrogens (tertiary/aromatic N) is 1. The molecular formula is C11H19NO4S. The Labute approximate surface area is 102 Å². The highest BCUT2D eigenvalue weighted by molar-refractivity contribution is 7.91. The summed E-state index contributed by atoms with van der Waals surface area (Å²) in [5, 5.41) is 9.06. The van der Waals surface area contributed by atoms with E-state index in [9.17, 15) is 13.2 Å². The maximum atomic E-state index is 11.5. The smallest absolute Gasteiger partial charge is 0.307 e. The highest BCUT2D eigenvalue weighted by atomic mass is 32.2. The van der Waals surface area contributed by atoms with E-state index >= 15 is 0 Å². The Balaban J connectivity index is 2.14. The Hall–Kier alpha value is -0.620. The Bertz CT molecular complexity index is 429. The van der Waals surface area contributed by atoms with Crippen molar-refractivity contribution in [3.05, 3.63) is 0 Å². The van der Waals surface area contributed by atoms with Gasteiger partial charge in [-0.15, -0.1) is 0 Å². The number of aliphatic carboxylic acids is 1. The molecule has 6 heteroatoms. The monoisotopic (exact) mass is 261 g/mol. The van der Waals surface area contributed by atoms with Gasteiger partial charge in [0, 0.05) is 18.1 Å². The summed E-state index contributed by atoms with van der Waals surface area (Å²) in [6, 6.07) is -0.000602. The number of hydrogen-bond donors (Lipinski definition) is 1. The second-order valence-electron chi connectivity index (χ2n) is 5.76. The van der Waals surface area contributed by atoms with Crippen molar-refractivity contribution in [2.45, 2.75) is 38.3 Å². The van der Waals surface area contributed by atoms with Crippen molar-refractivity contribution < 1.29 is 18.3 Å². The van der Waals surface area contributed by atoms with Crippen molar-refractivity contribution in [2.75, 3.05) is 18.1 Å². The zero-order valence-corrected chi connectivity index (χ0v) is 11.0. The second-order valence-corrected chi connectivity index (χ2v) is 7.99. The van der Waals surface area contributed by atoms with Gasteiger partial charge in [-0.05, 0) is 26.7 Å². The number of carbonyl (C=O) groups is 1. The van der Waals surface area contributed by atoms with E-state index in [1.54, 1.807) is 0 Å².